The highest BCUT2D eigenvalue weighted by atomic mass is 19.3. The lowest BCUT2D eigenvalue weighted by Crippen LogP contribution is -2.36. The molecule has 0 spiro atoms. The second kappa shape index (κ2) is 6.28. The van der Waals surface area contributed by atoms with Crippen molar-refractivity contribution in [2.45, 2.75) is 44.4 Å². The molecule has 2 aliphatic rings. The molecule has 0 aromatic heterocycles. The van der Waals surface area contributed by atoms with Crippen LogP contribution in [-0.2, 0) is 0 Å². The zero-order valence-electron chi connectivity index (χ0n) is 11.8. The number of halogens is 2. The van der Waals surface area contributed by atoms with Crippen LogP contribution in [0.25, 0.3) is 0 Å². The average molecular weight is 297 g/mol. The Bertz CT molecular complexity index is 483. The molecule has 21 heavy (non-hydrogen) atoms. The van der Waals surface area contributed by atoms with Crippen molar-refractivity contribution in [3.63, 3.8) is 0 Å². The van der Waals surface area contributed by atoms with E-state index < -0.39 is 12.7 Å². The third-order valence-electron chi connectivity index (χ3n) is 4.78. The quantitative estimate of drug-likeness (QED) is 0.848. The largest absolute Gasteiger partial charge is 0.435 e. The molecule has 116 valence electrons. The zero-order valence-corrected chi connectivity index (χ0v) is 11.8. The number of aliphatic hydroxyl groups is 1. The average Bonchev–Trinajstić information content (AvgIpc) is 3.06. The first-order valence-electron chi connectivity index (χ1n) is 7.58. The van der Waals surface area contributed by atoms with Gasteiger partial charge in [0.25, 0.3) is 0 Å². The van der Waals surface area contributed by atoms with Crippen molar-refractivity contribution in [2.24, 2.45) is 11.8 Å². The van der Waals surface area contributed by atoms with Gasteiger partial charge in [-0.05, 0) is 48.8 Å². The minimum absolute atomic E-state index is 0.0847. The van der Waals surface area contributed by atoms with E-state index in [2.05, 4.69) is 10.1 Å². The van der Waals surface area contributed by atoms with Crippen molar-refractivity contribution in [1.29, 1.82) is 0 Å². The number of ether oxygens (including phenoxy) is 1. The molecule has 4 atom stereocenters. The monoisotopic (exact) mass is 297 g/mol. The predicted molar refractivity (Wildman–Crippen MR) is 75.3 cm³/mol. The number of benzene rings is 1. The van der Waals surface area contributed by atoms with Gasteiger partial charge in [0.2, 0.25) is 0 Å². The van der Waals surface area contributed by atoms with Gasteiger partial charge in [0.05, 0.1) is 6.10 Å². The van der Waals surface area contributed by atoms with Crippen molar-refractivity contribution < 1.29 is 18.6 Å². The number of alkyl halides is 2. The van der Waals surface area contributed by atoms with Crippen LogP contribution in [0.5, 0.6) is 5.75 Å². The van der Waals surface area contributed by atoms with E-state index in [1.165, 1.54) is 37.8 Å². The molecule has 5 heteroatoms. The van der Waals surface area contributed by atoms with Gasteiger partial charge in [-0.25, -0.2) is 0 Å². The fourth-order valence-electron chi connectivity index (χ4n) is 3.77. The molecule has 3 rings (SSSR count). The van der Waals surface area contributed by atoms with Gasteiger partial charge in [-0.3, -0.25) is 0 Å². The summed E-state index contributed by atoms with van der Waals surface area (Å²) < 4.78 is 28.7. The lowest BCUT2D eigenvalue weighted by atomic mass is 9.95. The van der Waals surface area contributed by atoms with Crippen molar-refractivity contribution in [2.75, 3.05) is 6.54 Å². The molecule has 1 aromatic rings. The minimum atomic E-state index is -2.84. The first-order chi connectivity index (χ1) is 10.1. The summed E-state index contributed by atoms with van der Waals surface area (Å²) in [6.07, 6.45) is 4.44. The van der Waals surface area contributed by atoms with Crippen LogP contribution >= 0.6 is 0 Å². The normalized spacial score (nSPS) is 29.0. The maximum atomic E-state index is 12.2. The number of rotatable bonds is 6. The Morgan fingerprint density at radius 2 is 2.14 bits per heavy atom. The summed E-state index contributed by atoms with van der Waals surface area (Å²) in [4.78, 5) is 0. The summed E-state index contributed by atoms with van der Waals surface area (Å²) in [6.45, 7) is -2.39. The number of nitrogens with one attached hydrogen (secondary N) is 1. The third kappa shape index (κ3) is 3.52. The Hall–Kier alpha value is -1.20. The van der Waals surface area contributed by atoms with Crippen LogP contribution in [0.1, 0.15) is 37.4 Å². The standard InChI is InChI=1S/C16H21F2NO2/c17-16(18)21-13-3-1-2-12(8-13)15(20)9-19-14-7-10-4-5-11(14)6-10/h1-3,8,10-11,14-16,19-20H,4-7,9H2. The Balaban J connectivity index is 1.54. The van der Waals surface area contributed by atoms with Gasteiger partial charge < -0.3 is 15.2 Å². The predicted octanol–water partition coefficient (Wildman–Crippen LogP) is 3.10. The summed E-state index contributed by atoms with van der Waals surface area (Å²) in [6, 6.07) is 6.78. The van der Waals surface area contributed by atoms with E-state index in [0.29, 0.717) is 18.2 Å². The van der Waals surface area contributed by atoms with E-state index in [1.54, 1.807) is 12.1 Å². The maximum Gasteiger partial charge on any atom is 0.387 e. The summed E-state index contributed by atoms with van der Waals surface area (Å²) in [7, 11) is 0. The first kappa shape index (κ1) is 14.7. The molecule has 0 heterocycles. The van der Waals surface area contributed by atoms with E-state index in [9.17, 15) is 13.9 Å². The highest BCUT2D eigenvalue weighted by Gasteiger charge is 2.39. The van der Waals surface area contributed by atoms with Gasteiger partial charge in [0.15, 0.2) is 0 Å². The van der Waals surface area contributed by atoms with Crippen LogP contribution in [0.15, 0.2) is 24.3 Å². The third-order valence-corrected chi connectivity index (χ3v) is 4.78. The molecule has 1 aromatic carbocycles. The van der Waals surface area contributed by atoms with Gasteiger partial charge >= 0.3 is 6.61 Å². The Kier molecular flexibility index (Phi) is 4.40. The van der Waals surface area contributed by atoms with Gasteiger partial charge in [-0.15, -0.1) is 0 Å². The molecule has 3 nitrogen and oxygen atoms in total. The number of fused-ring (bicyclic) bond motifs is 2. The van der Waals surface area contributed by atoms with Crippen molar-refractivity contribution in [3.8, 4) is 5.75 Å². The minimum Gasteiger partial charge on any atom is -0.435 e. The van der Waals surface area contributed by atoms with Crippen LogP contribution in [0.4, 0.5) is 8.78 Å². The van der Waals surface area contributed by atoms with Gasteiger partial charge in [0, 0.05) is 12.6 Å². The molecule has 0 amide bonds. The lowest BCUT2D eigenvalue weighted by Gasteiger charge is -2.24. The fraction of sp³-hybridized carbons (Fsp3) is 0.625. The molecule has 2 aliphatic carbocycles. The van der Waals surface area contributed by atoms with Gasteiger partial charge in [-0.1, -0.05) is 18.6 Å². The molecule has 2 fully saturated rings. The molecule has 0 saturated heterocycles. The topological polar surface area (TPSA) is 41.5 Å². The highest BCUT2D eigenvalue weighted by molar-refractivity contribution is 5.30. The van der Waals surface area contributed by atoms with E-state index >= 15 is 0 Å². The maximum absolute atomic E-state index is 12.2. The molecule has 0 aliphatic heterocycles. The van der Waals surface area contributed by atoms with Crippen LogP contribution in [0.2, 0.25) is 0 Å². The molecule has 2 N–H and O–H groups in total. The number of aliphatic hydroxyl groups excluding tert-OH is 1. The second-order valence-electron chi connectivity index (χ2n) is 6.16. The molecular formula is C16H21F2NO2. The smallest absolute Gasteiger partial charge is 0.387 e. The summed E-state index contributed by atoms with van der Waals surface area (Å²) in [5.41, 5.74) is 0.601. The summed E-state index contributed by atoms with van der Waals surface area (Å²) in [5, 5.41) is 13.6. The Morgan fingerprint density at radius 1 is 1.29 bits per heavy atom. The lowest BCUT2D eigenvalue weighted by molar-refractivity contribution is -0.0499. The molecule has 2 bridgehead atoms. The summed E-state index contributed by atoms with van der Waals surface area (Å²) in [5.74, 6) is 1.68. The van der Waals surface area contributed by atoms with Crippen LogP contribution in [-0.4, -0.2) is 24.3 Å². The SMILES string of the molecule is OC(CNC1CC2CCC1C2)c1cccc(OC(F)F)c1. The van der Waals surface area contributed by atoms with Gasteiger partial charge in [-0.2, -0.15) is 8.78 Å². The van der Waals surface area contributed by atoms with Crippen molar-refractivity contribution >= 4 is 0 Å². The first-order valence-corrected chi connectivity index (χ1v) is 7.58. The van der Waals surface area contributed by atoms with Crippen molar-refractivity contribution in [3.05, 3.63) is 29.8 Å². The van der Waals surface area contributed by atoms with Crippen molar-refractivity contribution in [1.82, 2.24) is 5.32 Å². The fourth-order valence-corrected chi connectivity index (χ4v) is 3.77. The Labute approximate surface area is 123 Å². The molecule has 4 unspecified atom stereocenters. The molecule has 0 radical (unpaired) electrons. The van der Waals surface area contributed by atoms with Crippen LogP contribution < -0.4 is 10.1 Å². The number of hydrogen-bond acceptors (Lipinski definition) is 3. The highest BCUT2D eigenvalue weighted by Crippen LogP contribution is 2.44. The van der Waals surface area contributed by atoms with Crippen LogP contribution in [0, 0.1) is 11.8 Å². The van der Waals surface area contributed by atoms with E-state index in [4.69, 9.17) is 0 Å². The van der Waals surface area contributed by atoms with E-state index in [-0.39, 0.29) is 5.75 Å². The Morgan fingerprint density at radius 3 is 2.81 bits per heavy atom. The number of hydrogen-bond donors (Lipinski definition) is 2. The van der Waals surface area contributed by atoms with E-state index in [1.807, 2.05) is 0 Å². The van der Waals surface area contributed by atoms with E-state index in [0.717, 1.165) is 11.8 Å². The zero-order chi connectivity index (χ0) is 14.8. The molecule has 2 saturated carbocycles. The van der Waals surface area contributed by atoms with Crippen LogP contribution in [0.3, 0.4) is 0 Å². The second-order valence-corrected chi connectivity index (χ2v) is 6.16. The summed E-state index contributed by atoms with van der Waals surface area (Å²) >= 11 is 0. The molecular weight excluding hydrogens is 276 g/mol. The van der Waals surface area contributed by atoms with Gasteiger partial charge in [0.1, 0.15) is 5.75 Å².